The first-order valence-electron chi connectivity index (χ1n) is 11.8. The van der Waals surface area contributed by atoms with Crippen molar-refractivity contribution in [2.45, 2.75) is 13.1 Å². The normalized spacial score (nSPS) is 15.6. The molecule has 0 N–H and O–H groups in total. The van der Waals surface area contributed by atoms with Crippen molar-refractivity contribution >= 4 is 52.2 Å². The van der Waals surface area contributed by atoms with Crippen LogP contribution >= 0.6 is 23.4 Å². The first-order chi connectivity index (χ1) is 19.7. The van der Waals surface area contributed by atoms with Gasteiger partial charge in [-0.25, -0.2) is 23.1 Å². The molecule has 0 bridgehead atoms. The molecular formula is C26H18ClF5N4O5S. The highest BCUT2D eigenvalue weighted by Gasteiger charge is 2.37. The largest absolute Gasteiger partial charge is 0.465 e. The van der Waals surface area contributed by atoms with Gasteiger partial charge in [-0.3, -0.25) is 23.9 Å². The fourth-order valence-electron chi connectivity index (χ4n) is 3.78. The molecule has 0 radical (unpaired) electrons. The molecule has 0 atom stereocenters. The maximum absolute atomic E-state index is 15.0. The third-order valence-corrected chi connectivity index (χ3v) is 7.04. The van der Waals surface area contributed by atoms with E-state index < -0.39 is 58.9 Å². The van der Waals surface area contributed by atoms with E-state index in [0.717, 1.165) is 29.8 Å². The van der Waals surface area contributed by atoms with Crippen LogP contribution in [0.5, 0.6) is 0 Å². The van der Waals surface area contributed by atoms with Gasteiger partial charge in [-0.1, -0.05) is 23.7 Å². The second-order valence-corrected chi connectivity index (χ2v) is 9.97. The predicted octanol–water partition coefficient (Wildman–Crippen LogP) is 4.65. The molecule has 1 aliphatic rings. The van der Waals surface area contributed by atoms with E-state index in [1.54, 1.807) is 6.92 Å². The Labute approximate surface area is 242 Å². The molecule has 0 aliphatic carbocycles. The lowest BCUT2D eigenvalue weighted by atomic mass is 10.2. The number of carbonyl (C=O) groups is 2. The number of nitrogens with zero attached hydrogens (tertiary/aromatic N) is 4. The molecule has 2 aromatic carbocycles. The Balaban J connectivity index is 1.84. The van der Waals surface area contributed by atoms with E-state index >= 15 is 0 Å². The van der Waals surface area contributed by atoms with Gasteiger partial charge in [-0.2, -0.15) is 13.2 Å². The van der Waals surface area contributed by atoms with E-state index in [0.29, 0.717) is 11.6 Å². The lowest BCUT2D eigenvalue weighted by molar-refractivity contribution is -0.145. The van der Waals surface area contributed by atoms with Gasteiger partial charge >= 0.3 is 17.8 Å². The summed E-state index contributed by atoms with van der Waals surface area (Å²) in [4.78, 5) is 55.9. The molecule has 3 aromatic rings. The Bertz CT molecular complexity index is 1770. The molecule has 2 heterocycles. The van der Waals surface area contributed by atoms with E-state index in [9.17, 15) is 41.1 Å². The quantitative estimate of drug-likeness (QED) is 0.224. The van der Waals surface area contributed by atoms with E-state index in [4.69, 9.17) is 16.3 Å². The topological polar surface area (TPSA) is 103 Å². The van der Waals surface area contributed by atoms with E-state index in [2.05, 4.69) is 4.99 Å². The summed E-state index contributed by atoms with van der Waals surface area (Å²) in [5.41, 5.74) is -5.10. The van der Waals surface area contributed by atoms with Crippen LogP contribution in [0.4, 0.5) is 27.6 Å². The van der Waals surface area contributed by atoms with Crippen LogP contribution in [0, 0.1) is 11.6 Å². The lowest BCUT2D eigenvalue weighted by Crippen LogP contribution is -2.41. The number of hydrogen-bond acceptors (Lipinski definition) is 7. The summed E-state index contributed by atoms with van der Waals surface area (Å²) in [7, 11) is 0.763. The number of ether oxygens (including phenoxy) is 1. The van der Waals surface area contributed by atoms with E-state index in [1.807, 2.05) is 0 Å². The summed E-state index contributed by atoms with van der Waals surface area (Å²) in [6.45, 7) is 0.993. The van der Waals surface area contributed by atoms with Gasteiger partial charge in [0.25, 0.3) is 11.5 Å². The lowest BCUT2D eigenvalue weighted by Gasteiger charge is -2.16. The number of aromatic nitrogens is 2. The molecule has 1 amide bonds. The number of rotatable bonds is 6. The van der Waals surface area contributed by atoms with E-state index in [1.165, 1.54) is 30.3 Å². The van der Waals surface area contributed by atoms with Crippen LogP contribution in [-0.4, -0.2) is 44.2 Å². The van der Waals surface area contributed by atoms with Crippen LogP contribution in [0.2, 0.25) is 5.02 Å². The number of esters is 1. The number of alkyl halides is 3. The van der Waals surface area contributed by atoms with Crippen molar-refractivity contribution in [3.63, 3.8) is 0 Å². The van der Waals surface area contributed by atoms with Crippen molar-refractivity contribution in [2.75, 3.05) is 13.2 Å². The van der Waals surface area contributed by atoms with Gasteiger partial charge in [0.1, 0.15) is 23.9 Å². The summed E-state index contributed by atoms with van der Waals surface area (Å²) >= 11 is 6.95. The summed E-state index contributed by atoms with van der Waals surface area (Å²) in [5.74, 6) is -3.19. The number of aliphatic imine (C=N–C) groups is 1. The highest BCUT2D eigenvalue weighted by Crippen LogP contribution is 2.37. The summed E-state index contributed by atoms with van der Waals surface area (Å²) < 4.78 is 73.3. The third kappa shape index (κ3) is 6.31. The fourth-order valence-corrected chi connectivity index (χ4v) is 4.97. The van der Waals surface area contributed by atoms with Gasteiger partial charge < -0.3 is 4.74 Å². The fraction of sp³-hybridized carbons (Fsp3) is 0.192. The highest BCUT2D eigenvalue weighted by atomic mass is 35.5. The molecule has 1 aromatic heterocycles. The van der Waals surface area contributed by atoms with Crippen LogP contribution in [0.15, 0.2) is 62.0 Å². The first-order valence-corrected chi connectivity index (χ1v) is 13.0. The van der Waals surface area contributed by atoms with E-state index in [-0.39, 0.29) is 42.6 Å². The maximum atomic E-state index is 15.0. The molecule has 4 rings (SSSR count). The minimum absolute atomic E-state index is 0.0166. The number of amidine groups is 1. The standard InChI is InChI=1S/C26H18ClF5N4O5S/c1-3-41-22(38)12-35-23(39)19(8-13-4-6-14(28)7-5-13)42-24(35)33-17-10-18(16(29)9-15(17)27)36-21(37)11-20(26(30,31)32)34(2)25(36)40/h4-11H,3,12H2,1-2H3/b19-8-,33-24?. The minimum atomic E-state index is -5.03. The molecule has 1 aliphatic heterocycles. The van der Waals surface area contributed by atoms with Crippen LogP contribution in [0.1, 0.15) is 18.2 Å². The van der Waals surface area contributed by atoms with Crippen molar-refractivity contribution in [1.82, 2.24) is 14.0 Å². The first kappa shape index (κ1) is 30.7. The zero-order valence-electron chi connectivity index (χ0n) is 21.5. The number of thioether (sulfide) groups is 1. The molecule has 0 saturated carbocycles. The second-order valence-electron chi connectivity index (χ2n) is 8.55. The second kappa shape index (κ2) is 11.9. The zero-order chi connectivity index (χ0) is 30.9. The Morgan fingerprint density at radius 1 is 1.10 bits per heavy atom. The van der Waals surface area contributed by atoms with Gasteiger partial charge in [0.05, 0.1) is 27.9 Å². The molecule has 1 fully saturated rings. The van der Waals surface area contributed by atoms with Crippen molar-refractivity contribution < 1.29 is 36.3 Å². The molecule has 42 heavy (non-hydrogen) atoms. The average Bonchev–Trinajstić information content (AvgIpc) is 3.18. The maximum Gasteiger partial charge on any atom is 0.431 e. The Morgan fingerprint density at radius 3 is 2.38 bits per heavy atom. The van der Waals surface area contributed by atoms with Crippen molar-refractivity contribution in [3.8, 4) is 5.69 Å². The molecule has 0 spiro atoms. The zero-order valence-corrected chi connectivity index (χ0v) is 23.1. The number of carbonyl (C=O) groups excluding carboxylic acids is 2. The van der Waals surface area contributed by atoms with Gasteiger partial charge in [-0.15, -0.1) is 0 Å². The Kier molecular flexibility index (Phi) is 8.73. The monoisotopic (exact) mass is 628 g/mol. The number of amides is 1. The van der Waals surface area contributed by atoms with Crippen LogP contribution in [0.3, 0.4) is 0 Å². The SMILES string of the molecule is CCOC(=O)CN1C(=O)/C(=C/c2ccc(F)cc2)SC1=Nc1cc(-n2c(=O)cc(C(F)(F)F)n(C)c2=O)c(F)cc1Cl. The van der Waals surface area contributed by atoms with Crippen LogP contribution in [0.25, 0.3) is 11.8 Å². The molecular weight excluding hydrogens is 611 g/mol. The average molecular weight is 629 g/mol. The van der Waals surface area contributed by atoms with Gasteiger partial charge in [-0.05, 0) is 54.6 Å². The number of benzene rings is 2. The molecule has 9 nitrogen and oxygen atoms in total. The third-order valence-electron chi connectivity index (χ3n) is 5.73. The molecule has 220 valence electrons. The number of hydrogen-bond donors (Lipinski definition) is 0. The van der Waals surface area contributed by atoms with Gasteiger partial charge in [0.2, 0.25) is 0 Å². The molecule has 16 heteroatoms. The number of halogens is 6. The smallest absolute Gasteiger partial charge is 0.431 e. The van der Waals surface area contributed by atoms with Gasteiger partial charge in [0, 0.05) is 13.1 Å². The summed E-state index contributed by atoms with van der Waals surface area (Å²) in [6, 6.07) is 6.84. The predicted molar refractivity (Wildman–Crippen MR) is 145 cm³/mol. The molecule has 0 unspecified atom stereocenters. The molecule has 1 saturated heterocycles. The van der Waals surface area contributed by atoms with Crippen LogP contribution in [-0.2, 0) is 27.5 Å². The summed E-state index contributed by atoms with van der Waals surface area (Å²) in [6.07, 6.45) is -3.62. The van der Waals surface area contributed by atoms with Crippen molar-refractivity contribution in [1.29, 1.82) is 0 Å². The highest BCUT2D eigenvalue weighted by molar-refractivity contribution is 8.18. The Hall–Kier alpha value is -4.24. The van der Waals surface area contributed by atoms with Crippen molar-refractivity contribution in [2.24, 2.45) is 12.0 Å². The van der Waals surface area contributed by atoms with Gasteiger partial charge in [0.15, 0.2) is 5.17 Å². The minimum Gasteiger partial charge on any atom is -0.465 e. The Morgan fingerprint density at radius 2 is 1.76 bits per heavy atom. The van der Waals surface area contributed by atoms with Crippen molar-refractivity contribution in [3.05, 3.63) is 96.1 Å². The summed E-state index contributed by atoms with van der Waals surface area (Å²) in [5, 5.41) is -0.478. The van der Waals surface area contributed by atoms with Crippen LogP contribution < -0.4 is 11.2 Å².